The van der Waals surface area contributed by atoms with E-state index < -0.39 is 23.0 Å². The minimum atomic E-state index is -4.36. The van der Waals surface area contributed by atoms with Gasteiger partial charge in [0.25, 0.3) is 0 Å². The largest absolute Gasteiger partial charge is 0.398 e. The van der Waals surface area contributed by atoms with E-state index in [1.54, 1.807) is 48.7 Å². The number of ketones is 1. The third-order valence-corrected chi connectivity index (χ3v) is 5.13. The van der Waals surface area contributed by atoms with E-state index >= 15 is 0 Å². The topological polar surface area (TPSA) is 34.1 Å². The molecule has 0 saturated carbocycles. The zero-order valence-electron chi connectivity index (χ0n) is 12.1. The SMILES string of the molecule is C[C@@H](C(=O)SCC(F)(F)F)c1ccc(C(=O)c2cccs2)cc1. The summed E-state index contributed by atoms with van der Waals surface area (Å²) in [5.74, 6) is -1.96. The predicted octanol–water partition coefficient (Wildman–Crippen LogP) is 4.90. The Morgan fingerprint density at radius 2 is 1.83 bits per heavy atom. The van der Waals surface area contributed by atoms with E-state index in [1.807, 2.05) is 0 Å². The molecule has 0 radical (unpaired) electrons. The van der Waals surface area contributed by atoms with Gasteiger partial charge in [-0.1, -0.05) is 49.0 Å². The summed E-state index contributed by atoms with van der Waals surface area (Å²) in [6, 6.07) is 9.91. The maximum absolute atomic E-state index is 12.1. The standard InChI is InChI=1S/C16H13F3O2S2/c1-10(15(21)23-9-16(17,18)19)11-4-6-12(7-5-11)14(20)13-3-2-8-22-13/h2-8,10H,9H2,1H3/t10-/m1/s1. The summed E-state index contributed by atoms with van der Waals surface area (Å²) in [6.45, 7) is 1.56. The van der Waals surface area contributed by atoms with Gasteiger partial charge >= 0.3 is 6.18 Å². The number of rotatable bonds is 5. The fraction of sp³-hybridized carbons (Fsp3) is 0.250. The maximum atomic E-state index is 12.1. The number of benzene rings is 1. The summed E-state index contributed by atoms with van der Waals surface area (Å²) < 4.78 is 36.4. The van der Waals surface area contributed by atoms with Crippen LogP contribution in [-0.4, -0.2) is 22.8 Å². The lowest BCUT2D eigenvalue weighted by Crippen LogP contribution is -2.15. The average Bonchev–Trinajstić information content (AvgIpc) is 3.05. The summed E-state index contributed by atoms with van der Waals surface area (Å²) in [4.78, 5) is 24.6. The van der Waals surface area contributed by atoms with E-state index in [0.29, 0.717) is 16.0 Å². The van der Waals surface area contributed by atoms with Crippen molar-refractivity contribution in [1.82, 2.24) is 0 Å². The molecule has 0 saturated heterocycles. The highest BCUT2D eigenvalue weighted by Crippen LogP contribution is 2.28. The van der Waals surface area contributed by atoms with Crippen molar-refractivity contribution >= 4 is 34.0 Å². The molecule has 0 bridgehead atoms. The third-order valence-electron chi connectivity index (χ3n) is 3.15. The monoisotopic (exact) mass is 358 g/mol. The molecule has 0 aliphatic heterocycles. The third kappa shape index (κ3) is 4.94. The second kappa shape index (κ2) is 7.31. The molecule has 1 aromatic heterocycles. The first kappa shape index (κ1) is 17.7. The summed E-state index contributed by atoms with van der Waals surface area (Å²) in [5, 5.41) is 1.26. The first-order valence-corrected chi connectivity index (χ1v) is 8.56. The number of hydrogen-bond donors (Lipinski definition) is 0. The molecule has 0 fully saturated rings. The molecule has 0 N–H and O–H groups in total. The summed E-state index contributed by atoms with van der Waals surface area (Å²) in [5.41, 5.74) is 1.08. The lowest BCUT2D eigenvalue weighted by molar-refractivity contribution is -0.114. The van der Waals surface area contributed by atoms with Gasteiger partial charge in [0.1, 0.15) is 0 Å². The summed E-state index contributed by atoms with van der Waals surface area (Å²) >= 11 is 1.60. The Morgan fingerprint density at radius 3 is 2.35 bits per heavy atom. The lowest BCUT2D eigenvalue weighted by Gasteiger charge is -2.12. The molecule has 1 aromatic carbocycles. The van der Waals surface area contributed by atoms with Gasteiger partial charge in [0.05, 0.1) is 16.5 Å². The van der Waals surface area contributed by atoms with Gasteiger partial charge in [-0.25, -0.2) is 0 Å². The van der Waals surface area contributed by atoms with Crippen molar-refractivity contribution in [1.29, 1.82) is 0 Å². The van der Waals surface area contributed by atoms with Crippen LogP contribution >= 0.6 is 23.1 Å². The Balaban J connectivity index is 2.04. The summed E-state index contributed by atoms with van der Waals surface area (Å²) in [7, 11) is 0. The van der Waals surface area contributed by atoms with Crippen molar-refractivity contribution in [2.45, 2.75) is 19.0 Å². The number of carbonyl (C=O) groups excluding carboxylic acids is 2. The number of halogens is 3. The van der Waals surface area contributed by atoms with Gasteiger partial charge in [0.15, 0.2) is 5.12 Å². The second-order valence-corrected chi connectivity index (χ2v) is 6.80. The number of alkyl halides is 3. The zero-order chi connectivity index (χ0) is 17.0. The van der Waals surface area contributed by atoms with Crippen LogP contribution in [0, 0.1) is 0 Å². The van der Waals surface area contributed by atoms with Gasteiger partial charge in [-0.2, -0.15) is 13.2 Å². The highest BCUT2D eigenvalue weighted by molar-refractivity contribution is 8.13. The molecule has 0 spiro atoms. The van der Waals surface area contributed by atoms with Crippen LogP contribution in [0.1, 0.15) is 33.6 Å². The number of thioether (sulfide) groups is 1. The first-order chi connectivity index (χ1) is 10.8. The second-order valence-electron chi connectivity index (χ2n) is 4.87. The zero-order valence-corrected chi connectivity index (χ0v) is 13.7. The Labute approximate surface area is 139 Å². The van der Waals surface area contributed by atoms with E-state index in [0.717, 1.165) is 0 Å². The quantitative estimate of drug-likeness (QED) is 0.713. The van der Waals surface area contributed by atoms with Gasteiger partial charge in [0, 0.05) is 5.56 Å². The van der Waals surface area contributed by atoms with Gasteiger partial charge in [-0.05, 0) is 17.0 Å². The Morgan fingerprint density at radius 1 is 1.17 bits per heavy atom. The molecule has 7 heteroatoms. The van der Waals surface area contributed by atoms with E-state index in [9.17, 15) is 22.8 Å². The van der Waals surface area contributed by atoms with Crippen molar-refractivity contribution in [3.63, 3.8) is 0 Å². The first-order valence-electron chi connectivity index (χ1n) is 6.69. The van der Waals surface area contributed by atoms with Crippen LogP contribution in [0.15, 0.2) is 41.8 Å². The lowest BCUT2D eigenvalue weighted by atomic mass is 9.99. The van der Waals surface area contributed by atoms with Gasteiger partial charge in [-0.3, -0.25) is 9.59 Å². The van der Waals surface area contributed by atoms with Crippen LogP contribution in [-0.2, 0) is 4.79 Å². The van der Waals surface area contributed by atoms with Crippen LogP contribution in [0.4, 0.5) is 13.2 Å². The van der Waals surface area contributed by atoms with Crippen LogP contribution in [0.2, 0.25) is 0 Å². The molecule has 0 aliphatic carbocycles. The molecular formula is C16H13F3O2S2. The predicted molar refractivity (Wildman–Crippen MR) is 86.1 cm³/mol. The van der Waals surface area contributed by atoms with Gasteiger partial charge in [0.2, 0.25) is 5.78 Å². The normalized spacial score (nSPS) is 12.9. The fourth-order valence-electron chi connectivity index (χ4n) is 1.89. The average molecular weight is 358 g/mol. The molecule has 0 amide bonds. The molecule has 1 heterocycles. The smallest absolute Gasteiger partial charge is 0.288 e. The van der Waals surface area contributed by atoms with Crippen molar-refractivity contribution in [2.24, 2.45) is 0 Å². The molecular weight excluding hydrogens is 345 g/mol. The maximum Gasteiger partial charge on any atom is 0.398 e. The molecule has 23 heavy (non-hydrogen) atoms. The minimum absolute atomic E-state index is 0.114. The molecule has 2 aromatic rings. The van der Waals surface area contributed by atoms with Gasteiger partial charge in [-0.15, -0.1) is 11.3 Å². The summed E-state index contributed by atoms with van der Waals surface area (Å²) in [6.07, 6.45) is -4.36. The number of carbonyl (C=O) groups is 2. The Kier molecular flexibility index (Phi) is 5.64. The van der Waals surface area contributed by atoms with Crippen LogP contribution in [0.5, 0.6) is 0 Å². The number of hydrogen-bond acceptors (Lipinski definition) is 4. The Bertz CT molecular complexity index is 676. The van der Waals surface area contributed by atoms with Crippen molar-refractivity contribution in [3.8, 4) is 0 Å². The van der Waals surface area contributed by atoms with E-state index in [4.69, 9.17) is 0 Å². The fourth-order valence-corrected chi connectivity index (χ4v) is 3.27. The van der Waals surface area contributed by atoms with E-state index in [2.05, 4.69) is 0 Å². The highest BCUT2D eigenvalue weighted by Gasteiger charge is 2.30. The van der Waals surface area contributed by atoms with E-state index in [1.165, 1.54) is 11.3 Å². The molecule has 122 valence electrons. The minimum Gasteiger partial charge on any atom is -0.288 e. The van der Waals surface area contributed by atoms with Crippen molar-refractivity contribution < 1.29 is 22.8 Å². The van der Waals surface area contributed by atoms with E-state index in [-0.39, 0.29) is 17.5 Å². The van der Waals surface area contributed by atoms with Crippen LogP contribution in [0.25, 0.3) is 0 Å². The Hall–Kier alpha value is -1.60. The van der Waals surface area contributed by atoms with Crippen LogP contribution in [0.3, 0.4) is 0 Å². The van der Waals surface area contributed by atoms with Gasteiger partial charge < -0.3 is 0 Å². The molecule has 0 unspecified atom stereocenters. The molecule has 2 nitrogen and oxygen atoms in total. The molecule has 0 aliphatic rings. The van der Waals surface area contributed by atoms with Crippen molar-refractivity contribution in [3.05, 3.63) is 57.8 Å². The molecule has 2 rings (SSSR count). The van der Waals surface area contributed by atoms with Crippen LogP contribution < -0.4 is 0 Å². The highest BCUT2D eigenvalue weighted by atomic mass is 32.2. The number of thiophene rings is 1. The molecule has 1 atom stereocenters. The van der Waals surface area contributed by atoms with Crippen molar-refractivity contribution in [2.75, 3.05) is 5.75 Å².